The molecule has 3 nitrogen and oxygen atoms in total. The van der Waals surface area contributed by atoms with Gasteiger partial charge in [0.05, 0.1) is 5.92 Å². The molecule has 1 unspecified atom stereocenters. The van der Waals surface area contributed by atoms with Crippen molar-refractivity contribution in [1.82, 2.24) is 4.98 Å². The van der Waals surface area contributed by atoms with Gasteiger partial charge in [0.25, 0.3) is 0 Å². The Labute approximate surface area is 126 Å². The highest BCUT2D eigenvalue weighted by atomic mass is 79.9. The molecule has 2 rings (SSSR count). The molecule has 1 aromatic carbocycles. The first-order chi connectivity index (χ1) is 9.56. The first-order valence-corrected chi connectivity index (χ1v) is 7.23. The molecule has 0 amide bonds. The third-order valence-corrected chi connectivity index (χ3v) is 3.77. The molecule has 1 atom stereocenters. The third kappa shape index (κ3) is 3.90. The Morgan fingerprint density at radius 3 is 2.75 bits per heavy atom. The Morgan fingerprint density at radius 2 is 2.10 bits per heavy atom. The lowest BCUT2D eigenvalue weighted by atomic mass is 9.93. The van der Waals surface area contributed by atoms with E-state index in [0.29, 0.717) is 12.8 Å². The lowest BCUT2D eigenvalue weighted by Crippen LogP contribution is -2.20. The second-order valence-corrected chi connectivity index (χ2v) is 5.76. The largest absolute Gasteiger partial charge is 0.481 e. The van der Waals surface area contributed by atoms with Crippen LogP contribution in [-0.4, -0.2) is 16.1 Å². The lowest BCUT2D eigenvalue weighted by Gasteiger charge is -2.13. The molecule has 20 heavy (non-hydrogen) atoms. The third-order valence-electron chi connectivity index (χ3n) is 3.28. The first kappa shape index (κ1) is 14.7. The summed E-state index contributed by atoms with van der Waals surface area (Å²) in [7, 11) is 0. The zero-order chi connectivity index (χ0) is 14.5. The minimum absolute atomic E-state index is 0.453. The van der Waals surface area contributed by atoms with Crippen LogP contribution in [0, 0.1) is 12.8 Å². The number of carboxylic acid groups (broad SMARTS) is 1. The molecule has 0 bridgehead atoms. The average molecular weight is 334 g/mol. The van der Waals surface area contributed by atoms with E-state index in [1.165, 1.54) is 0 Å². The number of aliphatic carboxylic acids is 1. The summed E-state index contributed by atoms with van der Waals surface area (Å²) < 4.78 is 0.966. The molecule has 0 radical (unpaired) electrons. The summed E-state index contributed by atoms with van der Waals surface area (Å²) in [5.74, 6) is -1.24. The van der Waals surface area contributed by atoms with Crippen molar-refractivity contribution in [3.63, 3.8) is 0 Å². The summed E-state index contributed by atoms with van der Waals surface area (Å²) in [5.41, 5.74) is 2.91. The number of carboxylic acids is 1. The molecule has 2 aromatic rings. The molecular formula is C16H16BrNO2. The van der Waals surface area contributed by atoms with Crippen molar-refractivity contribution in [2.45, 2.75) is 19.8 Å². The van der Waals surface area contributed by atoms with E-state index in [9.17, 15) is 9.90 Å². The fourth-order valence-corrected chi connectivity index (χ4v) is 2.61. The Morgan fingerprint density at radius 1 is 1.30 bits per heavy atom. The predicted octanol–water partition coefficient (Wildman–Crippen LogP) is 3.64. The molecule has 0 aliphatic carbocycles. The zero-order valence-electron chi connectivity index (χ0n) is 11.2. The van der Waals surface area contributed by atoms with Crippen molar-refractivity contribution < 1.29 is 9.90 Å². The van der Waals surface area contributed by atoms with Crippen molar-refractivity contribution in [2.24, 2.45) is 5.92 Å². The number of hydrogen-bond donors (Lipinski definition) is 1. The number of aromatic nitrogens is 1. The number of nitrogens with zero attached hydrogens (tertiary/aromatic N) is 1. The second kappa shape index (κ2) is 6.66. The van der Waals surface area contributed by atoms with Crippen LogP contribution < -0.4 is 0 Å². The van der Waals surface area contributed by atoms with Crippen molar-refractivity contribution in [2.75, 3.05) is 0 Å². The van der Waals surface area contributed by atoms with Crippen LogP contribution in [0.1, 0.15) is 16.8 Å². The Bertz CT molecular complexity index is 613. The summed E-state index contributed by atoms with van der Waals surface area (Å²) in [5, 5.41) is 9.42. The van der Waals surface area contributed by atoms with E-state index in [1.807, 2.05) is 43.3 Å². The molecule has 104 valence electrons. The van der Waals surface area contributed by atoms with E-state index in [0.717, 1.165) is 21.3 Å². The number of aryl methyl sites for hydroxylation is 1. The van der Waals surface area contributed by atoms with Crippen molar-refractivity contribution in [3.8, 4) is 0 Å². The maximum atomic E-state index is 11.5. The van der Waals surface area contributed by atoms with Gasteiger partial charge < -0.3 is 5.11 Å². The van der Waals surface area contributed by atoms with E-state index in [2.05, 4.69) is 20.9 Å². The maximum Gasteiger partial charge on any atom is 0.307 e. The normalized spacial score (nSPS) is 12.1. The van der Waals surface area contributed by atoms with Crippen LogP contribution in [0.2, 0.25) is 0 Å². The highest BCUT2D eigenvalue weighted by Crippen LogP contribution is 2.19. The molecule has 0 fully saturated rings. The van der Waals surface area contributed by atoms with Gasteiger partial charge in [0, 0.05) is 22.8 Å². The van der Waals surface area contributed by atoms with E-state index >= 15 is 0 Å². The van der Waals surface area contributed by atoms with Gasteiger partial charge in [0.15, 0.2) is 0 Å². The topological polar surface area (TPSA) is 50.2 Å². The maximum absolute atomic E-state index is 11.5. The minimum atomic E-state index is -0.782. The number of pyridine rings is 1. The number of carbonyl (C=O) groups is 1. The van der Waals surface area contributed by atoms with Gasteiger partial charge in [-0.15, -0.1) is 0 Å². The van der Waals surface area contributed by atoms with Crippen LogP contribution in [0.3, 0.4) is 0 Å². The monoisotopic (exact) mass is 333 g/mol. The van der Waals surface area contributed by atoms with E-state index < -0.39 is 11.9 Å². The fourth-order valence-electron chi connectivity index (χ4n) is 2.16. The van der Waals surface area contributed by atoms with Gasteiger partial charge in [0.2, 0.25) is 0 Å². The van der Waals surface area contributed by atoms with Crippen molar-refractivity contribution >= 4 is 21.9 Å². The quantitative estimate of drug-likeness (QED) is 0.908. The van der Waals surface area contributed by atoms with Gasteiger partial charge in [-0.25, -0.2) is 0 Å². The zero-order valence-corrected chi connectivity index (χ0v) is 12.8. The molecule has 0 spiro atoms. The van der Waals surface area contributed by atoms with Crippen LogP contribution >= 0.6 is 15.9 Å². The van der Waals surface area contributed by atoms with Crippen LogP contribution in [0.25, 0.3) is 0 Å². The Hall–Kier alpha value is -1.68. The highest BCUT2D eigenvalue weighted by Gasteiger charge is 2.20. The number of benzene rings is 1. The van der Waals surface area contributed by atoms with E-state index in [1.54, 1.807) is 6.20 Å². The van der Waals surface area contributed by atoms with Gasteiger partial charge in [0.1, 0.15) is 0 Å². The van der Waals surface area contributed by atoms with Crippen LogP contribution in [0.15, 0.2) is 47.1 Å². The lowest BCUT2D eigenvalue weighted by molar-refractivity contribution is -0.141. The standard InChI is InChI=1S/C16H16BrNO2/c1-11-4-3-7-18-15(11)10-13(16(19)20)8-12-5-2-6-14(17)9-12/h2-7,9,13H,8,10H2,1H3,(H,19,20). The van der Waals surface area contributed by atoms with Crippen molar-refractivity contribution in [1.29, 1.82) is 0 Å². The summed E-state index contributed by atoms with van der Waals surface area (Å²) in [4.78, 5) is 15.8. The van der Waals surface area contributed by atoms with Gasteiger partial charge in [-0.1, -0.05) is 34.1 Å². The first-order valence-electron chi connectivity index (χ1n) is 6.44. The molecular weight excluding hydrogens is 318 g/mol. The smallest absolute Gasteiger partial charge is 0.307 e. The van der Waals surface area contributed by atoms with Gasteiger partial charge in [-0.05, 0) is 42.7 Å². The molecule has 4 heteroatoms. The summed E-state index contributed by atoms with van der Waals surface area (Å²) in [6, 6.07) is 11.6. The molecule has 0 aliphatic rings. The van der Waals surface area contributed by atoms with Crippen LogP contribution in [-0.2, 0) is 17.6 Å². The van der Waals surface area contributed by atoms with Crippen LogP contribution in [0.4, 0.5) is 0 Å². The molecule has 1 N–H and O–H groups in total. The van der Waals surface area contributed by atoms with Gasteiger partial charge in [-0.2, -0.15) is 0 Å². The molecule has 1 aromatic heterocycles. The summed E-state index contributed by atoms with van der Waals surface area (Å²) in [6.07, 6.45) is 2.67. The highest BCUT2D eigenvalue weighted by molar-refractivity contribution is 9.10. The molecule has 1 heterocycles. The van der Waals surface area contributed by atoms with E-state index in [-0.39, 0.29) is 0 Å². The van der Waals surface area contributed by atoms with Crippen LogP contribution in [0.5, 0.6) is 0 Å². The molecule has 0 aliphatic heterocycles. The fraction of sp³-hybridized carbons (Fsp3) is 0.250. The Kier molecular flexibility index (Phi) is 4.90. The Balaban J connectivity index is 2.16. The SMILES string of the molecule is Cc1cccnc1CC(Cc1cccc(Br)c1)C(=O)O. The molecule has 0 saturated heterocycles. The summed E-state index contributed by atoms with van der Waals surface area (Å²) in [6.45, 7) is 1.96. The summed E-state index contributed by atoms with van der Waals surface area (Å²) >= 11 is 3.41. The number of hydrogen-bond acceptors (Lipinski definition) is 2. The number of rotatable bonds is 5. The average Bonchev–Trinajstić information content (AvgIpc) is 2.40. The predicted molar refractivity (Wildman–Crippen MR) is 81.6 cm³/mol. The second-order valence-electron chi connectivity index (χ2n) is 4.84. The minimum Gasteiger partial charge on any atom is -0.481 e. The molecule has 0 saturated carbocycles. The van der Waals surface area contributed by atoms with Gasteiger partial charge >= 0.3 is 5.97 Å². The van der Waals surface area contributed by atoms with Crippen molar-refractivity contribution in [3.05, 3.63) is 63.9 Å². The number of halogens is 1. The van der Waals surface area contributed by atoms with Gasteiger partial charge in [-0.3, -0.25) is 9.78 Å². The van der Waals surface area contributed by atoms with E-state index in [4.69, 9.17) is 0 Å².